The average Bonchev–Trinajstić information content (AvgIpc) is 2.84. The highest BCUT2D eigenvalue weighted by Gasteiger charge is 2.18. The van der Waals surface area contributed by atoms with Gasteiger partial charge in [0.2, 0.25) is 0 Å². The lowest BCUT2D eigenvalue weighted by molar-refractivity contribution is 0.405. The van der Waals surface area contributed by atoms with Gasteiger partial charge in [0.1, 0.15) is 5.75 Å². The van der Waals surface area contributed by atoms with Gasteiger partial charge in [0.25, 0.3) is 0 Å². The number of rotatable bonds is 6. The Morgan fingerprint density at radius 3 is 2.75 bits per heavy atom. The highest BCUT2D eigenvalue weighted by atomic mass is 16.5. The molecule has 128 valence electrons. The van der Waals surface area contributed by atoms with Gasteiger partial charge in [0, 0.05) is 13.6 Å². The lowest BCUT2D eigenvalue weighted by Gasteiger charge is -2.15. The van der Waals surface area contributed by atoms with Gasteiger partial charge in [-0.3, -0.25) is 4.68 Å². The molecule has 6 heteroatoms. The molecule has 24 heavy (non-hydrogen) atoms. The molecule has 3 aromatic rings. The fraction of sp³-hybridized carbons (Fsp3) is 0.444. The van der Waals surface area contributed by atoms with Crippen LogP contribution < -0.4 is 10.1 Å². The van der Waals surface area contributed by atoms with Crippen molar-refractivity contribution in [3.63, 3.8) is 0 Å². The molecule has 2 aromatic heterocycles. The normalized spacial score (nSPS) is 11.6. The number of nitrogens with zero attached hydrogens (tertiary/aromatic N) is 4. The van der Waals surface area contributed by atoms with Crippen molar-refractivity contribution in [2.75, 3.05) is 39.6 Å². The van der Waals surface area contributed by atoms with Crippen LogP contribution in [0.3, 0.4) is 0 Å². The lowest BCUT2D eigenvalue weighted by Crippen LogP contribution is -2.16. The van der Waals surface area contributed by atoms with E-state index in [1.165, 1.54) is 0 Å². The number of ether oxygens (including phenoxy) is 1. The Bertz CT molecular complexity index is 869. The number of anilines is 1. The first-order chi connectivity index (χ1) is 11.5. The van der Waals surface area contributed by atoms with Crippen molar-refractivity contribution in [1.82, 2.24) is 19.7 Å². The minimum absolute atomic E-state index is 0.834. The molecule has 0 amide bonds. The molecule has 0 atom stereocenters. The first kappa shape index (κ1) is 16.5. The highest BCUT2D eigenvalue weighted by molar-refractivity contribution is 6.10. The van der Waals surface area contributed by atoms with E-state index in [0.29, 0.717) is 0 Å². The Balaban J connectivity index is 2.16. The van der Waals surface area contributed by atoms with E-state index in [1.54, 1.807) is 7.11 Å². The van der Waals surface area contributed by atoms with Gasteiger partial charge in [-0.15, -0.1) is 0 Å². The van der Waals surface area contributed by atoms with E-state index >= 15 is 0 Å². The molecule has 1 N–H and O–H groups in total. The van der Waals surface area contributed by atoms with E-state index < -0.39 is 0 Å². The number of fused-ring (bicyclic) bond motifs is 2. The molecule has 1 aromatic carbocycles. The van der Waals surface area contributed by atoms with Crippen molar-refractivity contribution in [1.29, 1.82) is 0 Å². The predicted molar refractivity (Wildman–Crippen MR) is 99.0 cm³/mol. The third-order valence-electron chi connectivity index (χ3n) is 4.23. The van der Waals surface area contributed by atoms with Crippen molar-refractivity contribution < 1.29 is 4.74 Å². The Morgan fingerprint density at radius 1 is 1.25 bits per heavy atom. The summed E-state index contributed by atoms with van der Waals surface area (Å²) in [5.74, 6) is 0.834. The van der Waals surface area contributed by atoms with Crippen molar-refractivity contribution in [2.24, 2.45) is 7.05 Å². The van der Waals surface area contributed by atoms with Gasteiger partial charge in [-0.2, -0.15) is 5.10 Å². The van der Waals surface area contributed by atoms with Gasteiger partial charge >= 0.3 is 0 Å². The second-order valence-electron chi connectivity index (χ2n) is 6.33. The van der Waals surface area contributed by atoms with Crippen LogP contribution in [0.5, 0.6) is 5.75 Å². The monoisotopic (exact) mass is 327 g/mol. The lowest BCUT2D eigenvalue weighted by atomic mass is 10.1. The molecule has 3 rings (SSSR count). The SMILES string of the molecule is COc1cccc2nc3c(c(C)nn3C)c(NCCCN(C)C)c12. The number of aromatic nitrogens is 3. The molecule has 0 unspecified atom stereocenters. The van der Waals surface area contributed by atoms with E-state index in [4.69, 9.17) is 9.72 Å². The van der Waals surface area contributed by atoms with E-state index in [0.717, 1.165) is 58.6 Å². The number of aryl methyl sites for hydroxylation is 2. The number of pyridine rings is 1. The zero-order chi connectivity index (χ0) is 17.3. The first-order valence-electron chi connectivity index (χ1n) is 8.21. The highest BCUT2D eigenvalue weighted by Crippen LogP contribution is 2.37. The summed E-state index contributed by atoms with van der Waals surface area (Å²) >= 11 is 0. The van der Waals surface area contributed by atoms with Gasteiger partial charge in [-0.25, -0.2) is 4.98 Å². The van der Waals surface area contributed by atoms with Crippen LogP contribution in [0.15, 0.2) is 18.2 Å². The molecule has 0 radical (unpaired) electrons. The number of hydrogen-bond acceptors (Lipinski definition) is 5. The van der Waals surface area contributed by atoms with Crippen molar-refractivity contribution in [2.45, 2.75) is 13.3 Å². The molecule has 0 bridgehead atoms. The van der Waals surface area contributed by atoms with Crippen LogP contribution in [0.2, 0.25) is 0 Å². The fourth-order valence-electron chi connectivity index (χ4n) is 3.13. The minimum atomic E-state index is 0.834. The Labute approximate surface area is 142 Å². The Kier molecular flexibility index (Phi) is 4.57. The third-order valence-corrected chi connectivity index (χ3v) is 4.23. The molecule has 0 spiro atoms. The van der Waals surface area contributed by atoms with E-state index in [-0.39, 0.29) is 0 Å². The molecular formula is C18H25N5O. The van der Waals surface area contributed by atoms with Crippen LogP contribution in [0.25, 0.3) is 21.9 Å². The quantitative estimate of drug-likeness (QED) is 0.706. The largest absolute Gasteiger partial charge is 0.496 e. The van der Waals surface area contributed by atoms with Crippen LogP contribution in [0.4, 0.5) is 5.69 Å². The van der Waals surface area contributed by atoms with E-state index in [9.17, 15) is 0 Å². The molecule has 0 aliphatic heterocycles. The molecule has 0 aliphatic rings. The Hall–Kier alpha value is -2.34. The molecule has 2 heterocycles. The predicted octanol–water partition coefficient (Wildman–Crippen LogP) is 2.80. The van der Waals surface area contributed by atoms with Crippen molar-refractivity contribution >= 4 is 27.6 Å². The van der Waals surface area contributed by atoms with Crippen LogP contribution in [0.1, 0.15) is 12.1 Å². The summed E-state index contributed by atoms with van der Waals surface area (Å²) < 4.78 is 7.43. The summed E-state index contributed by atoms with van der Waals surface area (Å²) in [6.07, 6.45) is 1.06. The van der Waals surface area contributed by atoms with Crippen LogP contribution >= 0.6 is 0 Å². The molecule has 0 fully saturated rings. The van der Waals surface area contributed by atoms with Gasteiger partial charge in [0.15, 0.2) is 5.65 Å². The summed E-state index contributed by atoms with van der Waals surface area (Å²) in [4.78, 5) is 6.99. The standard InChI is InChI=1S/C18H25N5O/c1-12-15-17(19-10-7-11-22(2)3)16-13(8-6-9-14(16)24-5)20-18(15)23(4)21-12/h6,8-9H,7,10-11H2,1-5H3,(H,19,20). The minimum Gasteiger partial charge on any atom is -0.496 e. The smallest absolute Gasteiger partial charge is 0.160 e. The third kappa shape index (κ3) is 2.89. The second kappa shape index (κ2) is 6.65. The van der Waals surface area contributed by atoms with Gasteiger partial charge in [-0.05, 0) is 46.1 Å². The summed E-state index contributed by atoms with van der Waals surface area (Å²) in [5.41, 5.74) is 3.85. The Morgan fingerprint density at radius 2 is 2.04 bits per heavy atom. The number of hydrogen-bond donors (Lipinski definition) is 1. The maximum Gasteiger partial charge on any atom is 0.160 e. The molecule has 6 nitrogen and oxygen atoms in total. The fourth-order valence-corrected chi connectivity index (χ4v) is 3.13. The molecule has 0 aliphatic carbocycles. The first-order valence-corrected chi connectivity index (χ1v) is 8.21. The van der Waals surface area contributed by atoms with Crippen LogP contribution in [-0.4, -0.2) is 54.0 Å². The summed E-state index contributed by atoms with van der Waals surface area (Å²) in [6, 6.07) is 5.97. The second-order valence-corrected chi connectivity index (χ2v) is 6.33. The van der Waals surface area contributed by atoms with Crippen LogP contribution in [-0.2, 0) is 7.05 Å². The maximum absolute atomic E-state index is 5.59. The van der Waals surface area contributed by atoms with Crippen molar-refractivity contribution in [3.8, 4) is 5.75 Å². The van der Waals surface area contributed by atoms with Gasteiger partial charge in [-0.1, -0.05) is 6.07 Å². The summed E-state index contributed by atoms with van der Waals surface area (Å²) in [5, 5.41) is 10.3. The number of methoxy groups -OCH3 is 1. The van der Waals surface area contributed by atoms with Crippen molar-refractivity contribution in [3.05, 3.63) is 23.9 Å². The zero-order valence-corrected chi connectivity index (χ0v) is 15.1. The molecular weight excluding hydrogens is 302 g/mol. The van der Waals surface area contributed by atoms with E-state index in [2.05, 4.69) is 29.4 Å². The number of benzene rings is 1. The topological polar surface area (TPSA) is 55.2 Å². The molecule has 0 saturated heterocycles. The van der Waals surface area contributed by atoms with Crippen LogP contribution in [0, 0.1) is 6.92 Å². The van der Waals surface area contributed by atoms with E-state index in [1.807, 2.05) is 36.9 Å². The van der Waals surface area contributed by atoms with Gasteiger partial charge in [0.05, 0.1) is 34.8 Å². The zero-order valence-electron chi connectivity index (χ0n) is 15.1. The maximum atomic E-state index is 5.59. The summed E-state index contributed by atoms with van der Waals surface area (Å²) in [7, 11) is 7.82. The van der Waals surface area contributed by atoms with Gasteiger partial charge < -0.3 is 15.0 Å². The average molecular weight is 327 g/mol. The number of nitrogens with one attached hydrogen (secondary N) is 1. The summed E-state index contributed by atoms with van der Waals surface area (Å²) in [6.45, 7) is 3.96. The molecule has 0 saturated carbocycles.